The fourth-order valence-corrected chi connectivity index (χ4v) is 3.09. The molecule has 0 unspecified atom stereocenters. The molecule has 0 saturated carbocycles. The number of aromatic nitrogens is 4. The van der Waals surface area contributed by atoms with E-state index in [1.54, 1.807) is 13.8 Å². The van der Waals surface area contributed by atoms with E-state index in [-0.39, 0.29) is 12.4 Å². The molecule has 9 heteroatoms. The maximum absolute atomic E-state index is 10.5. The van der Waals surface area contributed by atoms with E-state index in [0.29, 0.717) is 11.3 Å². The Hall–Kier alpha value is -1.81. The minimum atomic E-state index is -1.33. The number of rotatable bonds is 3. The van der Waals surface area contributed by atoms with Crippen LogP contribution >= 0.6 is 0 Å². The summed E-state index contributed by atoms with van der Waals surface area (Å²) in [6, 6.07) is 0. The van der Waals surface area contributed by atoms with Crippen LogP contribution in [-0.4, -0.2) is 55.7 Å². The number of nitrogens with two attached hydrogens (primary N) is 1. The molecule has 0 radical (unpaired) electrons. The van der Waals surface area contributed by atoms with Crippen LogP contribution in [-0.2, 0) is 15.3 Å². The van der Waals surface area contributed by atoms with E-state index in [4.69, 9.17) is 15.2 Å². The summed E-state index contributed by atoms with van der Waals surface area (Å²) in [7, 11) is 1.47. The third-order valence-electron chi connectivity index (χ3n) is 4.39. The molecular formula is C13H19N5O4. The molecule has 1 aliphatic rings. The van der Waals surface area contributed by atoms with Crippen LogP contribution in [0.3, 0.4) is 0 Å². The van der Waals surface area contributed by atoms with Crippen molar-refractivity contribution in [2.75, 3.05) is 19.5 Å². The molecule has 1 aliphatic heterocycles. The Labute approximate surface area is 126 Å². The fourth-order valence-electron chi connectivity index (χ4n) is 3.09. The van der Waals surface area contributed by atoms with E-state index in [1.165, 1.54) is 24.1 Å². The van der Waals surface area contributed by atoms with Crippen molar-refractivity contribution in [1.29, 1.82) is 0 Å². The molecule has 0 aliphatic carbocycles. The van der Waals surface area contributed by atoms with Crippen LogP contribution in [0.25, 0.3) is 5.65 Å². The lowest BCUT2D eigenvalue weighted by Crippen LogP contribution is -2.46. The van der Waals surface area contributed by atoms with Gasteiger partial charge in [0.1, 0.15) is 18.1 Å². The van der Waals surface area contributed by atoms with Gasteiger partial charge in [0.2, 0.25) is 5.79 Å². The van der Waals surface area contributed by atoms with Crippen molar-refractivity contribution < 1.29 is 19.7 Å². The first kappa shape index (κ1) is 15.1. The number of nitrogens with zero attached hydrogens (tertiary/aromatic N) is 4. The zero-order chi connectivity index (χ0) is 16.1. The van der Waals surface area contributed by atoms with Crippen molar-refractivity contribution in [2.24, 2.45) is 5.41 Å². The molecule has 2 aromatic rings. The topological polar surface area (TPSA) is 128 Å². The first-order valence-corrected chi connectivity index (χ1v) is 6.85. The molecule has 1 saturated heterocycles. The van der Waals surface area contributed by atoms with Gasteiger partial charge in [0.15, 0.2) is 11.5 Å². The number of ether oxygens (including phenoxy) is 2. The van der Waals surface area contributed by atoms with E-state index in [0.717, 1.165) is 0 Å². The largest absolute Gasteiger partial charge is 0.394 e. The van der Waals surface area contributed by atoms with Gasteiger partial charge in [0, 0.05) is 7.11 Å². The van der Waals surface area contributed by atoms with Crippen LogP contribution in [0.15, 0.2) is 12.5 Å². The Kier molecular flexibility index (Phi) is 3.33. The minimum Gasteiger partial charge on any atom is -0.394 e. The summed E-state index contributed by atoms with van der Waals surface area (Å²) >= 11 is 0. The number of imidazole rings is 1. The molecule has 0 bridgehead atoms. The summed E-state index contributed by atoms with van der Waals surface area (Å²) in [5.74, 6) is -1.11. The molecule has 0 amide bonds. The number of fused-ring (bicyclic) bond motifs is 1. The molecule has 120 valence electrons. The Morgan fingerprint density at radius 3 is 2.77 bits per heavy atom. The lowest BCUT2D eigenvalue weighted by molar-refractivity contribution is -0.267. The second-order valence-corrected chi connectivity index (χ2v) is 5.85. The van der Waals surface area contributed by atoms with Gasteiger partial charge in [-0.1, -0.05) is 13.8 Å². The summed E-state index contributed by atoms with van der Waals surface area (Å²) in [5.41, 5.74) is 5.78. The highest BCUT2D eigenvalue weighted by atomic mass is 16.7. The average molecular weight is 309 g/mol. The second kappa shape index (κ2) is 4.85. The molecular weight excluding hydrogens is 290 g/mol. The van der Waals surface area contributed by atoms with Crippen molar-refractivity contribution in [1.82, 2.24) is 19.6 Å². The lowest BCUT2D eigenvalue weighted by Gasteiger charge is -2.38. The van der Waals surface area contributed by atoms with E-state index in [2.05, 4.69) is 15.1 Å². The highest BCUT2D eigenvalue weighted by Gasteiger charge is 2.63. The summed E-state index contributed by atoms with van der Waals surface area (Å²) < 4.78 is 13.0. The SMILES string of the molecule is CO[C@@]1(c2cnc3c(N)ncnn23)O[C@H](CO)[C@@H](O)C1(C)C. The van der Waals surface area contributed by atoms with Crippen LogP contribution in [0.4, 0.5) is 5.82 Å². The molecule has 3 heterocycles. The third kappa shape index (κ3) is 1.70. The van der Waals surface area contributed by atoms with E-state index < -0.39 is 23.4 Å². The first-order chi connectivity index (χ1) is 10.4. The quantitative estimate of drug-likeness (QED) is 0.678. The van der Waals surface area contributed by atoms with Gasteiger partial charge >= 0.3 is 0 Å². The first-order valence-electron chi connectivity index (χ1n) is 6.85. The van der Waals surface area contributed by atoms with Gasteiger partial charge in [-0.25, -0.2) is 14.5 Å². The summed E-state index contributed by atoms with van der Waals surface area (Å²) in [6.07, 6.45) is 1.12. The highest BCUT2D eigenvalue weighted by molar-refractivity contribution is 5.59. The predicted molar refractivity (Wildman–Crippen MR) is 75.6 cm³/mol. The van der Waals surface area contributed by atoms with Crippen LogP contribution in [0, 0.1) is 5.41 Å². The van der Waals surface area contributed by atoms with Crippen molar-refractivity contribution in [3.8, 4) is 0 Å². The molecule has 3 rings (SSSR count). The lowest BCUT2D eigenvalue weighted by atomic mass is 9.77. The third-order valence-corrected chi connectivity index (χ3v) is 4.39. The standard InChI is InChI=1S/C13H19N5O4/c1-12(2)9(20)7(5-19)22-13(12,21-3)8-4-15-11-10(14)16-6-17-18(8)11/h4,6-7,9,19-20H,5H2,1-3H3,(H2,14,16,17)/t7-,9-,13+/m1/s1. The van der Waals surface area contributed by atoms with Gasteiger partial charge in [-0.15, -0.1) is 0 Å². The molecule has 9 nitrogen and oxygen atoms in total. The van der Waals surface area contributed by atoms with E-state index in [1.807, 2.05) is 0 Å². The Bertz CT molecular complexity index is 703. The molecule has 2 aromatic heterocycles. The van der Waals surface area contributed by atoms with Crippen molar-refractivity contribution >= 4 is 11.5 Å². The van der Waals surface area contributed by atoms with Crippen molar-refractivity contribution in [3.63, 3.8) is 0 Å². The Balaban J connectivity index is 2.24. The molecule has 0 aromatic carbocycles. The zero-order valence-electron chi connectivity index (χ0n) is 12.6. The number of hydrogen-bond acceptors (Lipinski definition) is 8. The number of nitrogen functional groups attached to an aromatic ring is 1. The van der Waals surface area contributed by atoms with Gasteiger partial charge in [-0.2, -0.15) is 5.10 Å². The number of aliphatic hydroxyl groups is 2. The minimum absolute atomic E-state index is 0.225. The number of anilines is 1. The fraction of sp³-hybridized carbons (Fsp3) is 0.615. The van der Waals surface area contributed by atoms with Crippen LogP contribution in [0.2, 0.25) is 0 Å². The number of hydrogen-bond donors (Lipinski definition) is 3. The molecule has 4 N–H and O–H groups in total. The average Bonchev–Trinajstić information content (AvgIpc) is 3.01. The van der Waals surface area contributed by atoms with Crippen LogP contribution in [0.5, 0.6) is 0 Å². The second-order valence-electron chi connectivity index (χ2n) is 5.85. The normalized spacial score (nSPS) is 31.0. The van der Waals surface area contributed by atoms with E-state index >= 15 is 0 Å². The Morgan fingerprint density at radius 2 is 2.18 bits per heavy atom. The summed E-state index contributed by atoms with van der Waals surface area (Å²) in [6.45, 7) is 3.26. The van der Waals surface area contributed by atoms with Gasteiger partial charge in [-0.05, 0) is 0 Å². The van der Waals surface area contributed by atoms with Gasteiger partial charge < -0.3 is 25.4 Å². The maximum Gasteiger partial charge on any atom is 0.222 e. The van der Waals surface area contributed by atoms with Crippen LogP contribution in [0.1, 0.15) is 19.5 Å². The Morgan fingerprint density at radius 1 is 1.45 bits per heavy atom. The highest BCUT2D eigenvalue weighted by Crippen LogP contribution is 2.53. The van der Waals surface area contributed by atoms with E-state index in [9.17, 15) is 10.2 Å². The molecule has 1 fully saturated rings. The number of aliphatic hydroxyl groups excluding tert-OH is 2. The van der Waals surface area contributed by atoms with Crippen LogP contribution < -0.4 is 5.73 Å². The van der Waals surface area contributed by atoms with Gasteiger partial charge in [0.05, 0.1) is 24.3 Å². The van der Waals surface area contributed by atoms with Crippen molar-refractivity contribution in [2.45, 2.75) is 31.8 Å². The molecule has 3 atom stereocenters. The summed E-state index contributed by atoms with van der Waals surface area (Å²) in [4.78, 5) is 8.10. The van der Waals surface area contributed by atoms with Crippen molar-refractivity contribution in [3.05, 3.63) is 18.2 Å². The molecule has 0 spiro atoms. The van der Waals surface area contributed by atoms with Gasteiger partial charge in [-0.3, -0.25) is 0 Å². The summed E-state index contributed by atoms with van der Waals surface area (Å²) in [5, 5.41) is 24.0. The zero-order valence-corrected chi connectivity index (χ0v) is 12.6. The monoisotopic (exact) mass is 309 g/mol. The maximum atomic E-state index is 10.5. The smallest absolute Gasteiger partial charge is 0.222 e. The number of methoxy groups -OCH3 is 1. The van der Waals surface area contributed by atoms with Gasteiger partial charge in [0.25, 0.3) is 0 Å². The molecule has 22 heavy (non-hydrogen) atoms. The predicted octanol–water partition coefficient (Wildman–Crippen LogP) is -0.716.